The van der Waals surface area contributed by atoms with Gasteiger partial charge in [-0.1, -0.05) is 23.7 Å². The van der Waals surface area contributed by atoms with E-state index in [-0.39, 0.29) is 30.2 Å². The maximum atomic E-state index is 13.1. The van der Waals surface area contributed by atoms with Crippen LogP contribution in [0.1, 0.15) is 19.6 Å². The summed E-state index contributed by atoms with van der Waals surface area (Å²) in [6.45, 7) is 6.66. The van der Waals surface area contributed by atoms with Crippen LogP contribution in [-0.2, 0) is 9.53 Å². The molecule has 1 aromatic heterocycles. The second kappa shape index (κ2) is 8.73. The molecule has 0 aliphatic carbocycles. The maximum Gasteiger partial charge on any atom is 0.260 e. The summed E-state index contributed by atoms with van der Waals surface area (Å²) < 4.78 is 17.3. The average molecular weight is 442 g/mol. The lowest BCUT2D eigenvalue weighted by Gasteiger charge is -2.35. The number of morpholine rings is 1. The van der Waals surface area contributed by atoms with Gasteiger partial charge in [0.05, 0.1) is 23.2 Å². The zero-order valence-electron chi connectivity index (χ0n) is 17.7. The van der Waals surface area contributed by atoms with Crippen LogP contribution in [0.15, 0.2) is 51.7 Å². The van der Waals surface area contributed by atoms with Gasteiger partial charge in [0.2, 0.25) is 5.43 Å². The molecule has 2 aromatic carbocycles. The Bertz CT molecular complexity index is 1160. The van der Waals surface area contributed by atoms with E-state index in [0.717, 1.165) is 5.56 Å². The third-order valence-corrected chi connectivity index (χ3v) is 5.56. The van der Waals surface area contributed by atoms with E-state index in [2.05, 4.69) is 0 Å². The van der Waals surface area contributed by atoms with Gasteiger partial charge in [0.25, 0.3) is 5.91 Å². The molecule has 0 bridgehead atoms. The maximum absolute atomic E-state index is 13.1. The monoisotopic (exact) mass is 441 g/mol. The van der Waals surface area contributed by atoms with Crippen LogP contribution in [0.2, 0.25) is 5.02 Å². The fourth-order valence-corrected chi connectivity index (χ4v) is 4.07. The first-order valence-electron chi connectivity index (χ1n) is 10.2. The van der Waals surface area contributed by atoms with Gasteiger partial charge in [-0.15, -0.1) is 0 Å². The van der Waals surface area contributed by atoms with E-state index in [1.165, 1.54) is 0 Å². The summed E-state index contributed by atoms with van der Waals surface area (Å²) in [5.41, 5.74) is 1.54. The Morgan fingerprint density at radius 1 is 1.13 bits per heavy atom. The molecule has 0 radical (unpaired) electrons. The highest BCUT2D eigenvalue weighted by molar-refractivity contribution is 6.30. The second-order valence-electron chi connectivity index (χ2n) is 7.87. The Balaban J connectivity index is 1.55. The van der Waals surface area contributed by atoms with Crippen molar-refractivity contribution in [3.8, 4) is 16.9 Å². The molecule has 4 rings (SSSR count). The predicted octanol–water partition coefficient (Wildman–Crippen LogP) is 4.44. The summed E-state index contributed by atoms with van der Waals surface area (Å²) >= 11 is 5.96. The number of fused-ring (bicyclic) bond motifs is 1. The number of aryl methyl sites for hydroxylation is 1. The van der Waals surface area contributed by atoms with Gasteiger partial charge in [-0.3, -0.25) is 9.59 Å². The molecule has 1 fully saturated rings. The van der Waals surface area contributed by atoms with E-state index < -0.39 is 0 Å². The van der Waals surface area contributed by atoms with Crippen molar-refractivity contribution < 1.29 is 18.7 Å². The average Bonchev–Trinajstić information content (AvgIpc) is 2.72. The Morgan fingerprint density at radius 2 is 1.81 bits per heavy atom. The van der Waals surface area contributed by atoms with Gasteiger partial charge in [0, 0.05) is 24.2 Å². The standard InChI is InChI=1S/C24H24ClNO5/c1-14-11-26(12-15(2)30-14)22(27)13-29-19-8-9-20-21(10-19)31-16(3)23(24(20)28)17-4-6-18(25)7-5-17/h4-10,14-15H,11-13H2,1-3H3/t14-,15-/m0/s1. The summed E-state index contributed by atoms with van der Waals surface area (Å²) in [5.74, 6) is 0.874. The van der Waals surface area contributed by atoms with Crippen molar-refractivity contribution >= 4 is 28.5 Å². The van der Waals surface area contributed by atoms with Crippen molar-refractivity contribution in [2.24, 2.45) is 0 Å². The number of halogens is 1. The van der Waals surface area contributed by atoms with Crippen LogP contribution in [0.4, 0.5) is 0 Å². The molecule has 0 unspecified atom stereocenters. The van der Waals surface area contributed by atoms with Crippen LogP contribution in [0.5, 0.6) is 5.75 Å². The molecular weight excluding hydrogens is 418 g/mol. The molecule has 2 atom stereocenters. The molecule has 6 nitrogen and oxygen atoms in total. The SMILES string of the molecule is Cc1oc2cc(OCC(=O)N3C[C@H](C)O[C@@H](C)C3)ccc2c(=O)c1-c1ccc(Cl)cc1. The van der Waals surface area contributed by atoms with Crippen molar-refractivity contribution in [3.05, 3.63) is 63.5 Å². The van der Waals surface area contributed by atoms with E-state index >= 15 is 0 Å². The lowest BCUT2D eigenvalue weighted by Crippen LogP contribution is -2.49. The fourth-order valence-electron chi connectivity index (χ4n) is 3.94. The van der Waals surface area contributed by atoms with Crippen molar-refractivity contribution in [3.63, 3.8) is 0 Å². The number of rotatable bonds is 4. The molecule has 0 N–H and O–H groups in total. The third kappa shape index (κ3) is 4.60. The van der Waals surface area contributed by atoms with Crippen LogP contribution in [0.3, 0.4) is 0 Å². The minimum Gasteiger partial charge on any atom is -0.484 e. The van der Waals surface area contributed by atoms with Crippen LogP contribution in [0.25, 0.3) is 22.1 Å². The highest BCUT2D eigenvalue weighted by atomic mass is 35.5. The summed E-state index contributed by atoms with van der Waals surface area (Å²) in [6, 6.07) is 12.1. The first-order valence-corrected chi connectivity index (χ1v) is 10.6. The lowest BCUT2D eigenvalue weighted by molar-refractivity contribution is -0.145. The van der Waals surface area contributed by atoms with Crippen LogP contribution >= 0.6 is 11.6 Å². The molecule has 1 aliphatic heterocycles. The Hall–Kier alpha value is -2.83. The Kier molecular flexibility index (Phi) is 6.03. The number of hydrogen-bond acceptors (Lipinski definition) is 5. The Morgan fingerprint density at radius 3 is 2.48 bits per heavy atom. The van der Waals surface area contributed by atoms with E-state index in [1.807, 2.05) is 13.8 Å². The van der Waals surface area contributed by atoms with E-state index in [4.69, 9.17) is 25.5 Å². The minimum absolute atomic E-state index is 0.000422. The molecular formula is C24H24ClNO5. The van der Waals surface area contributed by atoms with Gasteiger partial charge in [-0.25, -0.2) is 0 Å². The number of carbonyl (C=O) groups is 1. The molecule has 1 aliphatic rings. The normalized spacial score (nSPS) is 18.9. The topological polar surface area (TPSA) is 69.0 Å². The molecule has 2 heterocycles. The van der Waals surface area contributed by atoms with Crippen molar-refractivity contribution in [2.75, 3.05) is 19.7 Å². The van der Waals surface area contributed by atoms with Gasteiger partial charge in [-0.05, 0) is 50.6 Å². The first-order chi connectivity index (χ1) is 14.8. The Labute approximate surface area is 185 Å². The summed E-state index contributed by atoms with van der Waals surface area (Å²) in [6.07, 6.45) is 0.000843. The van der Waals surface area contributed by atoms with Gasteiger partial charge in [-0.2, -0.15) is 0 Å². The molecule has 162 valence electrons. The quantitative estimate of drug-likeness (QED) is 0.598. The molecule has 0 saturated carbocycles. The summed E-state index contributed by atoms with van der Waals surface area (Å²) in [4.78, 5) is 27.3. The van der Waals surface area contributed by atoms with Gasteiger partial charge < -0.3 is 18.8 Å². The molecule has 0 spiro atoms. The number of hydrogen-bond donors (Lipinski definition) is 0. The van der Waals surface area contributed by atoms with E-state index in [1.54, 1.807) is 54.3 Å². The molecule has 1 saturated heterocycles. The number of benzene rings is 2. The van der Waals surface area contributed by atoms with Crippen molar-refractivity contribution in [1.29, 1.82) is 0 Å². The molecule has 7 heteroatoms. The lowest BCUT2D eigenvalue weighted by atomic mass is 10.0. The number of carbonyl (C=O) groups excluding carboxylic acids is 1. The van der Waals surface area contributed by atoms with Crippen LogP contribution in [-0.4, -0.2) is 42.7 Å². The van der Waals surface area contributed by atoms with Crippen LogP contribution < -0.4 is 10.2 Å². The smallest absolute Gasteiger partial charge is 0.260 e. The zero-order valence-corrected chi connectivity index (χ0v) is 18.4. The van der Waals surface area contributed by atoms with Crippen LogP contribution in [0, 0.1) is 6.92 Å². The first kappa shape index (κ1) is 21.4. The minimum atomic E-state index is -0.125. The number of nitrogens with zero attached hydrogens (tertiary/aromatic N) is 1. The van der Waals surface area contributed by atoms with Crippen molar-refractivity contribution in [2.45, 2.75) is 33.0 Å². The van der Waals surface area contributed by atoms with E-state index in [0.29, 0.717) is 46.2 Å². The molecule has 1 amide bonds. The largest absolute Gasteiger partial charge is 0.484 e. The molecule has 31 heavy (non-hydrogen) atoms. The third-order valence-electron chi connectivity index (χ3n) is 5.31. The number of amides is 1. The van der Waals surface area contributed by atoms with E-state index in [9.17, 15) is 9.59 Å². The predicted molar refractivity (Wildman–Crippen MR) is 120 cm³/mol. The summed E-state index contributed by atoms with van der Waals surface area (Å²) in [7, 11) is 0. The van der Waals surface area contributed by atoms with Gasteiger partial charge in [0.15, 0.2) is 6.61 Å². The summed E-state index contributed by atoms with van der Waals surface area (Å²) in [5, 5.41) is 1.05. The number of ether oxygens (including phenoxy) is 2. The van der Waals surface area contributed by atoms with Gasteiger partial charge >= 0.3 is 0 Å². The highest BCUT2D eigenvalue weighted by Gasteiger charge is 2.26. The molecule has 3 aromatic rings. The highest BCUT2D eigenvalue weighted by Crippen LogP contribution is 2.27. The zero-order chi connectivity index (χ0) is 22.1. The fraction of sp³-hybridized carbons (Fsp3) is 0.333. The second-order valence-corrected chi connectivity index (χ2v) is 8.31. The van der Waals surface area contributed by atoms with Crippen molar-refractivity contribution in [1.82, 2.24) is 4.90 Å². The van der Waals surface area contributed by atoms with Gasteiger partial charge in [0.1, 0.15) is 17.1 Å².